The number of aryl methyl sites for hydroxylation is 2. The molecule has 0 aliphatic carbocycles. The molecule has 1 aromatic carbocycles. The van der Waals surface area contributed by atoms with Crippen molar-refractivity contribution in [2.75, 3.05) is 6.54 Å². The minimum atomic E-state index is 0.118. The van der Waals surface area contributed by atoms with Crippen LogP contribution in [0.2, 0.25) is 0 Å². The molecule has 3 aromatic heterocycles. The maximum Gasteiger partial charge on any atom is 0.192 e. The molecule has 0 saturated heterocycles. The van der Waals surface area contributed by atoms with E-state index in [0.717, 1.165) is 45.3 Å². The molecule has 33 heavy (non-hydrogen) atoms. The second-order valence-electron chi connectivity index (χ2n) is 8.17. The molecule has 0 saturated carbocycles. The molecule has 0 atom stereocenters. The highest BCUT2D eigenvalue weighted by molar-refractivity contribution is 7.12. The lowest BCUT2D eigenvalue weighted by Gasteiger charge is -2.19. The van der Waals surface area contributed by atoms with Gasteiger partial charge >= 0.3 is 0 Å². The first-order valence-electron chi connectivity index (χ1n) is 10.9. The van der Waals surface area contributed by atoms with Crippen molar-refractivity contribution in [2.24, 2.45) is 0 Å². The van der Waals surface area contributed by atoms with E-state index in [2.05, 4.69) is 42.4 Å². The zero-order valence-electron chi connectivity index (χ0n) is 18.7. The van der Waals surface area contributed by atoms with Crippen molar-refractivity contribution < 1.29 is 4.79 Å². The number of Topliss-reactive ketones (excluding diaryl/α,β-unsaturated/α-hetero) is 1. The van der Waals surface area contributed by atoms with Crippen molar-refractivity contribution in [3.8, 4) is 5.69 Å². The molecule has 4 heterocycles. The predicted octanol–water partition coefficient (Wildman–Crippen LogP) is 5.24. The van der Waals surface area contributed by atoms with E-state index in [4.69, 9.17) is 5.10 Å². The van der Waals surface area contributed by atoms with Gasteiger partial charge in [-0.05, 0) is 61.6 Å². The van der Waals surface area contributed by atoms with Gasteiger partial charge in [0.2, 0.25) is 0 Å². The van der Waals surface area contributed by atoms with E-state index in [0.29, 0.717) is 13.1 Å². The number of ketones is 1. The number of thiophene rings is 1. The summed E-state index contributed by atoms with van der Waals surface area (Å²) in [5.41, 5.74) is 6.18. The zero-order chi connectivity index (χ0) is 22.8. The van der Waals surface area contributed by atoms with E-state index in [1.165, 1.54) is 11.3 Å². The molecule has 5 rings (SSSR count). The fourth-order valence-electron chi connectivity index (χ4n) is 4.03. The van der Waals surface area contributed by atoms with E-state index in [9.17, 15) is 4.79 Å². The van der Waals surface area contributed by atoms with Crippen LogP contribution >= 0.6 is 11.3 Å². The first-order valence-corrected chi connectivity index (χ1v) is 11.8. The molecule has 0 radical (unpaired) electrons. The Kier molecular flexibility index (Phi) is 5.79. The van der Waals surface area contributed by atoms with Gasteiger partial charge in [0.15, 0.2) is 5.78 Å². The number of carbonyl (C=O) groups is 1. The largest absolute Gasteiger partial charge is 0.346 e. The Hall–Kier alpha value is -3.71. The number of nitrogens with zero attached hydrogens (tertiary/aromatic N) is 5. The molecule has 0 fully saturated rings. The van der Waals surface area contributed by atoms with Crippen LogP contribution in [-0.2, 0) is 6.54 Å². The van der Waals surface area contributed by atoms with Crippen LogP contribution in [0.4, 0.5) is 0 Å². The van der Waals surface area contributed by atoms with Gasteiger partial charge in [-0.25, -0.2) is 4.68 Å². The van der Waals surface area contributed by atoms with E-state index < -0.39 is 0 Å². The molecule has 0 amide bonds. The van der Waals surface area contributed by atoms with Crippen LogP contribution in [0.3, 0.4) is 0 Å². The van der Waals surface area contributed by atoms with Crippen LogP contribution in [0.5, 0.6) is 0 Å². The summed E-state index contributed by atoms with van der Waals surface area (Å²) in [5, 5.41) is 11.5. The summed E-state index contributed by atoms with van der Waals surface area (Å²) in [6, 6.07) is 18.2. The number of carbonyl (C=O) groups excluding carboxylic acids is 1. The van der Waals surface area contributed by atoms with Gasteiger partial charge in [-0.1, -0.05) is 30.3 Å². The first-order chi connectivity index (χ1) is 16.1. The van der Waals surface area contributed by atoms with Crippen molar-refractivity contribution in [3.05, 3.63) is 106 Å². The number of allylic oxidation sites excluding steroid dienone is 2. The molecule has 6 nitrogen and oxygen atoms in total. The maximum absolute atomic E-state index is 12.6. The van der Waals surface area contributed by atoms with Gasteiger partial charge in [0, 0.05) is 18.1 Å². The van der Waals surface area contributed by atoms with Crippen LogP contribution in [0.15, 0.2) is 78.5 Å². The van der Waals surface area contributed by atoms with Crippen molar-refractivity contribution in [1.82, 2.24) is 24.5 Å². The van der Waals surface area contributed by atoms with Crippen molar-refractivity contribution in [2.45, 2.75) is 26.8 Å². The maximum atomic E-state index is 12.6. The Morgan fingerprint density at radius 3 is 2.64 bits per heavy atom. The van der Waals surface area contributed by atoms with Gasteiger partial charge in [0.05, 0.1) is 40.7 Å². The summed E-state index contributed by atoms with van der Waals surface area (Å²) in [6.45, 7) is 5.03. The molecule has 1 aliphatic rings. The van der Waals surface area contributed by atoms with E-state index in [1.807, 2.05) is 69.3 Å². The highest BCUT2D eigenvalue weighted by atomic mass is 32.1. The second-order valence-corrected chi connectivity index (χ2v) is 9.12. The van der Waals surface area contributed by atoms with Crippen LogP contribution in [0.1, 0.15) is 38.9 Å². The normalized spacial score (nSPS) is 13.4. The number of para-hydroxylation sites is 1. The fraction of sp³-hybridized carbons (Fsp3) is 0.192. The number of benzene rings is 1. The summed E-state index contributed by atoms with van der Waals surface area (Å²) in [5.74, 6) is 0.118. The van der Waals surface area contributed by atoms with Crippen molar-refractivity contribution in [1.29, 1.82) is 0 Å². The van der Waals surface area contributed by atoms with Crippen LogP contribution < -0.4 is 0 Å². The Bertz CT molecular complexity index is 1330. The lowest BCUT2D eigenvalue weighted by molar-refractivity contribution is 0.0973. The standard InChI is InChI=1S/C26H25N5OS/c1-19-14-20(2)30(27-19)17-23-15-24(28-31(23)22-9-4-3-5-10-22)21-8-6-12-29(16-21)18-25(32)26-11-7-13-33-26/h3-7,9-16H,8,17-18H2,1-2H3. The number of rotatable bonds is 7. The highest BCUT2D eigenvalue weighted by Crippen LogP contribution is 2.26. The molecular weight excluding hydrogens is 430 g/mol. The van der Waals surface area contributed by atoms with Gasteiger partial charge in [0.25, 0.3) is 0 Å². The van der Waals surface area contributed by atoms with Gasteiger partial charge < -0.3 is 4.90 Å². The van der Waals surface area contributed by atoms with E-state index in [1.54, 1.807) is 0 Å². The van der Waals surface area contributed by atoms with E-state index in [-0.39, 0.29) is 5.78 Å². The molecule has 7 heteroatoms. The van der Waals surface area contributed by atoms with Crippen LogP contribution in [-0.4, -0.2) is 36.8 Å². The second kappa shape index (κ2) is 9.03. The highest BCUT2D eigenvalue weighted by Gasteiger charge is 2.18. The number of hydrogen-bond acceptors (Lipinski definition) is 5. The summed E-state index contributed by atoms with van der Waals surface area (Å²) in [7, 11) is 0. The molecule has 1 aliphatic heterocycles. The number of hydrogen-bond donors (Lipinski definition) is 0. The quantitative estimate of drug-likeness (QED) is 0.358. The first kappa shape index (κ1) is 21.2. The van der Waals surface area contributed by atoms with Crippen molar-refractivity contribution >= 4 is 22.7 Å². The molecule has 0 spiro atoms. The molecule has 4 aromatic rings. The molecule has 0 unspecified atom stereocenters. The summed E-state index contributed by atoms with van der Waals surface area (Å²) < 4.78 is 4.00. The smallest absolute Gasteiger partial charge is 0.192 e. The van der Waals surface area contributed by atoms with Gasteiger partial charge in [-0.3, -0.25) is 9.48 Å². The predicted molar refractivity (Wildman–Crippen MR) is 131 cm³/mol. The fourth-order valence-corrected chi connectivity index (χ4v) is 4.69. The lowest BCUT2D eigenvalue weighted by atomic mass is 10.1. The average molecular weight is 456 g/mol. The minimum absolute atomic E-state index is 0.118. The Morgan fingerprint density at radius 2 is 1.91 bits per heavy atom. The Labute approximate surface area is 197 Å². The SMILES string of the molecule is Cc1cc(C)n(Cc2cc(C3=CN(CC(=O)c4cccs4)C=CC3)nn2-c2ccccc2)n1. The summed E-state index contributed by atoms with van der Waals surface area (Å²) >= 11 is 1.48. The summed E-state index contributed by atoms with van der Waals surface area (Å²) in [4.78, 5) is 15.3. The van der Waals surface area contributed by atoms with Crippen LogP contribution in [0.25, 0.3) is 11.3 Å². The van der Waals surface area contributed by atoms with Gasteiger partial charge in [-0.15, -0.1) is 11.3 Å². The third-order valence-corrected chi connectivity index (χ3v) is 6.52. The topological polar surface area (TPSA) is 56.0 Å². The Balaban J connectivity index is 1.46. The van der Waals surface area contributed by atoms with E-state index >= 15 is 0 Å². The third-order valence-electron chi connectivity index (χ3n) is 5.61. The third kappa shape index (κ3) is 4.59. The minimum Gasteiger partial charge on any atom is -0.346 e. The zero-order valence-corrected chi connectivity index (χ0v) is 19.5. The number of aromatic nitrogens is 4. The monoisotopic (exact) mass is 455 g/mol. The molecule has 0 bridgehead atoms. The van der Waals surface area contributed by atoms with Gasteiger partial charge in [-0.2, -0.15) is 10.2 Å². The summed E-state index contributed by atoms with van der Waals surface area (Å²) in [6.07, 6.45) is 6.87. The van der Waals surface area contributed by atoms with Crippen LogP contribution in [0, 0.1) is 13.8 Å². The molecular formula is C26H25N5OS. The average Bonchev–Trinajstić information content (AvgIpc) is 3.56. The van der Waals surface area contributed by atoms with Gasteiger partial charge in [0.1, 0.15) is 0 Å². The molecule has 166 valence electrons. The lowest BCUT2D eigenvalue weighted by Crippen LogP contribution is -2.21. The van der Waals surface area contributed by atoms with Crippen molar-refractivity contribution in [3.63, 3.8) is 0 Å². The molecule has 0 N–H and O–H groups in total. The Morgan fingerprint density at radius 1 is 1.06 bits per heavy atom.